The maximum Gasteiger partial charge on any atom is 0.250 e. The number of carbonyl (C=O) groups is 1. The summed E-state index contributed by atoms with van der Waals surface area (Å²) in [7, 11) is 0. The van der Waals surface area contributed by atoms with Crippen molar-refractivity contribution in [1.29, 1.82) is 0 Å². The average molecular weight is 396 g/mol. The number of thioether (sulfide) groups is 1. The number of nitrogens with zero attached hydrogens (tertiary/aromatic N) is 2. The van der Waals surface area contributed by atoms with Crippen molar-refractivity contribution in [2.75, 3.05) is 5.75 Å². The van der Waals surface area contributed by atoms with Crippen LogP contribution in [-0.2, 0) is 4.79 Å². The van der Waals surface area contributed by atoms with E-state index >= 15 is 0 Å². The van der Waals surface area contributed by atoms with E-state index in [1.165, 1.54) is 17.3 Å². The van der Waals surface area contributed by atoms with Gasteiger partial charge in [-0.2, -0.15) is 5.10 Å². The highest BCUT2D eigenvalue weighted by molar-refractivity contribution is 8.01. The molecule has 0 radical (unpaired) electrons. The van der Waals surface area contributed by atoms with E-state index in [-0.39, 0.29) is 11.7 Å². The number of rotatable bonds is 7. The third-order valence-corrected chi connectivity index (χ3v) is 5.91. The van der Waals surface area contributed by atoms with E-state index in [0.29, 0.717) is 5.92 Å². The molecule has 4 nitrogen and oxygen atoms in total. The standard InChI is InChI=1S/C21H21N3OS2/c1-15(2)17-10-8-16(9-11-17)12-22-24-20(25)14-27-21-23-19(13-26-21)18-6-4-3-5-7-18/h3-13,15H,14H2,1-2H3,(H,24,25)/b22-12+. The second kappa shape index (κ2) is 9.48. The van der Waals surface area contributed by atoms with Gasteiger partial charge < -0.3 is 0 Å². The number of thiazole rings is 1. The number of carbonyl (C=O) groups excluding carboxylic acids is 1. The van der Waals surface area contributed by atoms with Crippen LogP contribution in [0.25, 0.3) is 11.3 Å². The Morgan fingerprint density at radius 2 is 1.93 bits per heavy atom. The van der Waals surface area contributed by atoms with Crippen molar-refractivity contribution >= 4 is 35.2 Å². The first-order valence-corrected chi connectivity index (χ1v) is 10.5. The fraction of sp³-hybridized carbons (Fsp3) is 0.190. The first kappa shape index (κ1) is 19.3. The zero-order chi connectivity index (χ0) is 19.1. The predicted molar refractivity (Wildman–Crippen MR) is 115 cm³/mol. The molecule has 3 rings (SSSR count). The van der Waals surface area contributed by atoms with E-state index in [1.807, 2.05) is 47.8 Å². The van der Waals surface area contributed by atoms with Crippen LogP contribution in [0.2, 0.25) is 0 Å². The Morgan fingerprint density at radius 1 is 1.19 bits per heavy atom. The Kier molecular flexibility index (Phi) is 6.79. The van der Waals surface area contributed by atoms with Crippen molar-refractivity contribution in [3.05, 3.63) is 71.1 Å². The molecule has 0 saturated carbocycles. The van der Waals surface area contributed by atoms with E-state index in [9.17, 15) is 4.79 Å². The zero-order valence-electron chi connectivity index (χ0n) is 15.3. The summed E-state index contributed by atoms with van der Waals surface area (Å²) >= 11 is 2.96. The van der Waals surface area contributed by atoms with Gasteiger partial charge in [-0.15, -0.1) is 11.3 Å². The minimum Gasteiger partial charge on any atom is -0.272 e. The summed E-state index contributed by atoms with van der Waals surface area (Å²) in [6.45, 7) is 4.32. The third-order valence-electron chi connectivity index (χ3n) is 3.89. The molecule has 0 aliphatic heterocycles. The topological polar surface area (TPSA) is 54.4 Å². The first-order valence-electron chi connectivity index (χ1n) is 8.67. The fourth-order valence-electron chi connectivity index (χ4n) is 2.37. The molecule has 0 aliphatic rings. The van der Waals surface area contributed by atoms with Crippen LogP contribution < -0.4 is 5.43 Å². The Balaban J connectivity index is 1.46. The van der Waals surface area contributed by atoms with Crippen LogP contribution in [-0.4, -0.2) is 22.9 Å². The lowest BCUT2D eigenvalue weighted by molar-refractivity contribution is -0.118. The van der Waals surface area contributed by atoms with Crippen LogP contribution in [0.4, 0.5) is 0 Å². The van der Waals surface area contributed by atoms with Crippen LogP contribution in [0.5, 0.6) is 0 Å². The van der Waals surface area contributed by atoms with Gasteiger partial charge in [-0.05, 0) is 17.0 Å². The van der Waals surface area contributed by atoms with Gasteiger partial charge in [0.15, 0.2) is 4.34 Å². The number of nitrogens with one attached hydrogen (secondary N) is 1. The van der Waals surface area contributed by atoms with Gasteiger partial charge in [0.05, 0.1) is 17.7 Å². The quantitative estimate of drug-likeness (QED) is 0.341. The average Bonchev–Trinajstić information content (AvgIpc) is 3.16. The molecule has 0 atom stereocenters. The normalized spacial score (nSPS) is 11.2. The number of hydrogen-bond acceptors (Lipinski definition) is 5. The molecule has 0 saturated heterocycles. The smallest absolute Gasteiger partial charge is 0.250 e. The highest BCUT2D eigenvalue weighted by Gasteiger charge is 2.07. The summed E-state index contributed by atoms with van der Waals surface area (Å²) in [4.78, 5) is 16.5. The number of benzene rings is 2. The first-order chi connectivity index (χ1) is 13.1. The highest BCUT2D eigenvalue weighted by Crippen LogP contribution is 2.27. The predicted octanol–water partition coefficient (Wildman–Crippen LogP) is 5.18. The van der Waals surface area contributed by atoms with Crippen molar-refractivity contribution < 1.29 is 4.79 Å². The van der Waals surface area contributed by atoms with Crippen molar-refractivity contribution in [2.45, 2.75) is 24.1 Å². The summed E-state index contributed by atoms with van der Waals surface area (Å²) in [5.41, 5.74) is 6.82. The molecule has 0 spiro atoms. The maximum absolute atomic E-state index is 12.0. The van der Waals surface area contributed by atoms with Gasteiger partial charge in [-0.25, -0.2) is 10.4 Å². The van der Waals surface area contributed by atoms with Crippen LogP contribution in [0.15, 0.2) is 69.4 Å². The third kappa shape index (κ3) is 5.77. The molecule has 1 heterocycles. The number of aromatic nitrogens is 1. The zero-order valence-corrected chi connectivity index (χ0v) is 16.9. The maximum atomic E-state index is 12.0. The van der Waals surface area contributed by atoms with Gasteiger partial charge in [0.1, 0.15) is 0 Å². The molecule has 2 aromatic carbocycles. The summed E-state index contributed by atoms with van der Waals surface area (Å²) in [6.07, 6.45) is 1.66. The number of amides is 1. The fourth-order valence-corrected chi connectivity index (χ4v) is 4.00. The molecule has 0 unspecified atom stereocenters. The molecule has 0 bridgehead atoms. The molecule has 27 heavy (non-hydrogen) atoms. The number of hydrazone groups is 1. The van der Waals surface area contributed by atoms with E-state index in [0.717, 1.165) is 21.2 Å². The lowest BCUT2D eigenvalue weighted by atomic mass is 10.0. The minimum atomic E-state index is -0.147. The number of hydrogen-bond donors (Lipinski definition) is 1. The Morgan fingerprint density at radius 3 is 2.63 bits per heavy atom. The van der Waals surface area contributed by atoms with Crippen molar-refractivity contribution in [3.63, 3.8) is 0 Å². The van der Waals surface area contributed by atoms with Crippen LogP contribution in [0, 0.1) is 0 Å². The van der Waals surface area contributed by atoms with Crippen molar-refractivity contribution in [1.82, 2.24) is 10.4 Å². The molecule has 0 aliphatic carbocycles. The molecule has 1 aromatic heterocycles. The van der Waals surface area contributed by atoms with E-state index in [2.05, 4.69) is 41.5 Å². The second-order valence-electron chi connectivity index (χ2n) is 6.27. The van der Waals surface area contributed by atoms with E-state index in [4.69, 9.17) is 0 Å². The molecular weight excluding hydrogens is 374 g/mol. The van der Waals surface area contributed by atoms with Crippen molar-refractivity contribution in [2.24, 2.45) is 5.10 Å². The van der Waals surface area contributed by atoms with Gasteiger partial charge in [0.2, 0.25) is 0 Å². The Hall–Kier alpha value is -2.44. The van der Waals surface area contributed by atoms with Gasteiger partial charge >= 0.3 is 0 Å². The van der Waals surface area contributed by atoms with Gasteiger partial charge in [0, 0.05) is 10.9 Å². The van der Waals surface area contributed by atoms with Crippen LogP contribution in [0.1, 0.15) is 30.9 Å². The largest absolute Gasteiger partial charge is 0.272 e. The lowest BCUT2D eigenvalue weighted by Gasteiger charge is -2.04. The van der Waals surface area contributed by atoms with Gasteiger partial charge in [-0.1, -0.05) is 80.2 Å². The molecule has 1 N–H and O–H groups in total. The molecule has 0 fully saturated rings. The highest BCUT2D eigenvalue weighted by atomic mass is 32.2. The second-order valence-corrected chi connectivity index (χ2v) is 8.35. The SMILES string of the molecule is CC(C)c1ccc(/C=N/NC(=O)CSc2nc(-c3ccccc3)cs2)cc1. The van der Waals surface area contributed by atoms with Crippen LogP contribution >= 0.6 is 23.1 Å². The summed E-state index contributed by atoms with van der Waals surface area (Å²) < 4.78 is 0.872. The van der Waals surface area contributed by atoms with E-state index in [1.54, 1.807) is 17.6 Å². The molecule has 138 valence electrons. The molecule has 1 amide bonds. The Labute approximate surface area is 167 Å². The molecular formula is C21H21N3OS2. The monoisotopic (exact) mass is 395 g/mol. The van der Waals surface area contributed by atoms with Crippen molar-refractivity contribution in [3.8, 4) is 11.3 Å². The minimum absolute atomic E-state index is 0.147. The lowest BCUT2D eigenvalue weighted by Crippen LogP contribution is -2.19. The summed E-state index contributed by atoms with van der Waals surface area (Å²) in [5, 5.41) is 6.03. The summed E-state index contributed by atoms with van der Waals surface area (Å²) in [6, 6.07) is 18.2. The van der Waals surface area contributed by atoms with Gasteiger partial charge in [-0.3, -0.25) is 4.79 Å². The molecule has 6 heteroatoms. The summed E-state index contributed by atoms with van der Waals surface area (Å²) in [5.74, 6) is 0.637. The Bertz CT molecular complexity index is 903. The van der Waals surface area contributed by atoms with Crippen LogP contribution in [0.3, 0.4) is 0 Å². The van der Waals surface area contributed by atoms with Gasteiger partial charge in [0.25, 0.3) is 5.91 Å². The van der Waals surface area contributed by atoms with E-state index < -0.39 is 0 Å². The molecule has 3 aromatic rings.